The molecular weight excluding hydrogens is 496 g/mol. The molecule has 200 valence electrons. The molecule has 1 saturated carbocycles. The minimum atomic E-state index is -3.63. The molecule has 4 rings (SSSR count). The first-order valence-corrected chi connectivity index (χ1v) is 14.3. The topological polar surface area (TPSA) is 135 Å². The lowest BCUT2D eigenvalue weighted by Gasteiger charge is -2.30. The molecule has 0 aromatic heterocycles. The number of aliphatic hydroxyl groups is 2. The van der Waals surface area contributed by atoms with Crippen molar-refractivity contribution in [2.24, 2.45) is 4.99 Å². The third-order valence-corrected chi connectivity index (χ3v) is 8.51. The number of nitrogens with one attached hydrogen (secondary N) is 1. The van der Waals surface area contributed by atoms with Gasteiger partial charge in [-0.25, -0.2) is 13.4 Å². The van der Waals surface area contributed by atoms with E-state index in [2.05, 4.69) is 10.3 Å². The normalized spacial score (nSPS) is 23.7. The Labute approximate surface area is 217 Å². The maximum Gasteiger partial charge on any atom is 0.251 e. The van der Waals surface area contributed by atoms with Gasteiger partial charge in [-0.05, 0) is 68.5 Å². The predicted octanol–water partition coefficient (Wildman–Crippen LogP) is 2.25. The van der Waals surface area contributed by atoms with E-state index in [4.69, 9.17) is 14.6 Å². The van der Waals surface area contributed by atoms with E-state index in [1.807, 2.05) is 0 Å². The van der Waals surface area contributed by atoms with Crippen LogP contribution in [0.5, 0.6) is 5.75 Å². The van der Waals surface area contributed by atoms with Gasteiger partial charge in [0.25, 0.3) is 5.91 Å². The summed E-state index contributed by atoms with van der Waals surface area (Å²) in [6.45, 7) is 0.377. The van der Waals surface area contributed by atoms with Crippen LogP contribution in [0.4, 0.5) is 0 Å². The number of ether oxygens (including phenoxy) is 2. The number of aliphatic imine (C=N–C) groups is 1. The molecule has 0 bridgehead atoms. The van der Waals surface area contributed by atoms with E-state index in [1.165, 1.54) is 0 Å². The SMILES string of the molecule is O=C(NC1CCC(O)CC1)[C@@]1(CCS(=O)(=O)c2ccccc2)COC(c2ccc(OCCCO)cc2)=N1. The van der Waals surface area contributed by atoms with Crippen molar-refractivity contribution in [1.29, 1.82) is 0 Å². The van der Waals surface area contributed by atoms with Crippen molar-refractivity contribution in [3.63, 3.8) is 0 Å². The predicted molar refractivity (Wildman–Crippen MR) is 138 cm³/mol. The van der Waals surface area contributed by atoms with Gasteiger partial charge in [-0.15, -0.1) is 0 Å². The molecule has 1 amide bonds. The molecule has 0 spiro atoms. The zero-order valence-electron chi connectivity index (χ0n) is 20.7. The van der Waals surface area contributed by atoms with Crippen molar-refractivity contribution in [3.05, 3.63) is 60.2 Å². The summed E-state index contributed by atoms with van der Waals surface area (Å²) in [7, 11) is -3.63. The molecule has 10 heteroatoms. The number of amides is 1. The Bertz CT molecular complexity index is 1180. The van der Waals surface area contributed by atoms with Crippen molar-refractivity contribution in [2.45, 2.75) is 61.1 Å². The number of carbonyl (C=O) groups is 1. The van der Waals surface area contributed by atoms with Crippen molar-refractivity contribution < 1.29 is 32.9 Å². The Morgan fingerprint density at radius 2 is 1.78 bits per heavy atom. The molecule has 37 heavy (non-hydrogen) atoms. The van der Waals surface area contributed by atoms with Gasteiger partial charge in [-0.1, -0.05) is 18.2 Å². The van der Waals surface area contributed by atoms with Gasteiger partial charge in [-0.3, -0.25) is 4.79 Å². The third kappa shape index (κ3) is 6.88. The third-order valence-electron chi connectivity index (χ3n) is 6.78. The second-order valence-corrected chi connectivity index (χ2v) is 11.7. The van der Waals surface area contributed by atoms with Crippen molar-refractivity contribution >= 4 is 21.6 Å². The average Bonchev–Trinajstić information content (AvgIpc) is 3.36. The van der Waals surface area contributed by atoms with Crippen LogP contribution >= 0.6 is 0 Å². The highest BCUT2D eigenvalue weighted by Gasteiger charge is 2.46. The fourth-order valence-electron chi connectivity index (χ4n) is 4.49. The number of nitrogens with zero attached hydrogens (tertiary/aromatic N) is 1. The van der Waals surface area contributed by atoms with Crippen molar-refractivity contribution in [1.82, 2.24) is 5.32 Å². The first-order chi connectivity index (χ1) is 17.8. The fourth-order valence-corrected chi connectivity index (χ4v) is 5.90. The molecule has 2 aromatic carbocycles. The highest BCUT2D eigenvalue weighted by atomic mass is 32.2. The summed E-state index contributed by atoms with van der Waals surface area (Å²) in [6, 6.07) is 15.1. The van der Waals surface area contributed by atoms with E-state index in [-0.39, 0.29) is 54.2 Å². The van der Waals surface area contributed by atoms with Crippen molar-refractivity contribution in [3.8, 4) is 5.75 Å². The quantitative estimate of drug-likeness (QED) is 0.379. The van der Waals surface area contributed by atoms with Gasteiger partial charge in [0.05, 0.1) is 23.4 Å². The number of aliphatic hydroxyl groups excluding tert-OH is 2. The number of sulfone groups is 1. The molecule has 1 aliphatic carbocycles. The molecule has 1 fully saturated rings. The minimum absolute atomic E-state index is 0.0305. The highest BCUT2D eigenvalue weighted by molar-refractivity contribution is 7.91. The molecule has 0 unspecified atom stereocenters. The largest absolute Gasteiger partial charge is 0.494 e. The molecule has 1 heterocycles. The van der Waals surface area contributed by atoms with Crippen LogP contribution < -0.4 is 10.1 Å². The average molecular weight is 531 g/mol. The Balaban J connectivity index is 1.54. The van der Waals surface area contributed by atoms with Crippen LogP contribution in [-0.4, -0.2) is 73.7 Å². The Kier molecular flexibility index (Phi) is 8.83. The zero-order valence-corrected chi connectivity index (χ0v) is 21.5. The second-order valence-electron chi connectivity index (χ2n) is 9.55. The number of benzene rings is 2. The first kappa shape index (κ1) is 27.1. The van der Waals surface area contributed by atoms with E-state index >= 15 is 0 Å². The minimum Gasteiger partial charge on any atom is -0.494 e. The smallest absolute Gasteiger partial charge is 0.251 e. The fraction of sp³-hybridized carbons (Fsp3) is 0.481. The lowest BCUT2D eigenvalue weighted by Crippen LogP contribution is -2.51. The monoisotopic (exact) mass is 530 g/mol. The lowest BCUT2D eigenvalue weighted by atomic mass is 9.91. The van der Waals surface area contributed by atoms with Gasteiger partial charge >= 0.3 is 0 Å². The highest BCUT2D eigenvalue weighted by Crippen LogP contribution is 2.30. The Morgan fingerprint density at radius 1 is 1.08 bits per heavy atom. The van der Waals surface area contributed by atoms with Gasteiger partial charge in [0.2, 0.25) is 5.90 Å². The van der Waals surface area contributed by atoms with E-state index < -0.39 is 15.4 Å². The van der Waals surface area contributed by atoms with Crippen LogP contribution in [0, 0.1) is 0 Å². The van der Waals surface area contributed by atoms with Crippen LogP contribution in [0.15, 0.2) is 64.5 Å². The van der Waals surface area contributed by atoms with E-state index in [1.54, 1.807) is 54.6 Å². The second kappa shape index (κ2) is 12.1. The molecule has 0 saturated heterocycles. The van der Waals surface area contributed by atoms with Gasteiger partial charge in [0, 0.05) is 24.6 Å². The molecule has 3 N–H and O–H groups in total. The summed E-state index contributed by atoms with van der Waals surface area (Å²) in [5.41, 5.74) is -0.736. The van der Waals surface area contributed by atoms with Crippen LogP contribution in [0.2, 0.25) is 0 Å². The summed E-state index contributed by atoms with van der Waals surface area (Å²) >= 11 is 0. The number of hydrogen-bond donors (Lipinski definition) is 3. The summed E-state index contributed by atoms with van der Waals surface area (Å²) in [5, 5.41) is 21.7. The molecule has 1 aliphatic heterocycles. The molecule has 2 aliphatic rings. The van der Waals surface area contributed by atoms with Gasteiger partial charge in [0.15, 0.2) is 15.4 Å². The molecule has 9 nitrogen and oxygen atoms in total. The lowest BCUT2D eigenvalue weighted by molar-refractivity contribution is -0.127. The summed E-state index contributed by atoms with van der Waals surface area (Å²) in [5.74, 6) is 0.281. The van der Waals surface area contributed by atoms with E-state index in [0.717, 1.165) is 0 Å². The molecule has 1 atom stereocenters. The summed E-state index contributed by atoms with van der Waals surface area (Å²) in [6.07, 6.45) is 2.67. The standard InChI is InChI=1S/C27H34N2O7S/c30-16-4-17-35-23-13-7-20(8-14-23)25-29-27(19-36-25,26(32)28-21-9-11-22(31)12-10-21)15-18-37(33,34)24-5-2-1-3-6-24/h1-3,5-8,13-14,21-22,30-31H,4,9-12,15-19H2,(H,28,32)/t21?,22?,27-/m1/s1. The number of rotatable bonds is 11. The van der Waals surface area contributed by atoms with Crippen LogP contribution in [0.1, 0.15) is 44.1 Å². The Hall–Kier alpha value is -2.95. The molecule has 0 radical (unpaired) electrons. The summed E-state index contributed by atoms with van der Waals surface area (Å²) < 4.78 is 37.4. The summed E-state index contributed by atoms with van der Waals surface area (Å²) in [4.78, 5) is 18.4. The van der Waals surface area contributed by atoms with Gasteiger partial charge in [-0.2, -0.15) is 0 Å². The van der Waals surface area contributed by atoms with Crippen LogP contribution in [0.25, 0.3) is 0 Å². The van der Waals surface area contributed by atoms with Crippen LogP contribution in [-0.2, 0) is 19.4 Å². The molecular formula is C27H34N2O7S. The molecule has 2 aromatic rings. The van der Waals surface area contributed by atoms with Gasteiger partial charge in [0.1, 0.15) is 12.4 Å². The van der Waals surface area contributed by atoms with Crippen molar-refractivity contribution in [2.75, 3.05) is 25.6 Å². The maximum absolute atomic E-state index is 13.6. The Morgan fingerprint density at radius 3 is 2.46 bits per heavy atom. The van der Waals surface area contributed by atoms with E-state index in [0.29, 0.717) is 50.0 Å². The number of hydrogen-bond acceptors (Lipinski definition) is 8. The maximum atomic E-state index is 13.6. The zero-order chi connectivity index (χ0) is 26.3. The first-order valence-electron chi connectivity index (χ1n) is 12.6. The number of carbonyl (C=O) groups excluding carboxylic acids is 1. The van der Waals surface area contributed by atoms with E-state index in [9.17, 15) is 18.3 Å². The van der Waals surface area contributed by atoms with Gasteiger partial charge < -0.3 is 25.0 Å². The van der Waals surface area contributed by atoms with Crippen LogP contribution in [0.3, 0.4) is 0 Å².